The molecule has 0 fully saturated rings. The average molecular weight is 405 g/mol. The van der Waals surface area contributed by atoms with E-state index in [0.717, 1.165) is 17.8 Å². The summed E-state index contributed by atoms with van der Waals surface area (Å²) in [5.41, 5.74) is 0.713. The minimum atomic E-state index is -0.349. The molecule has 6 nitrogen and oxygen atoms in total. The summed E-state index contributed by atoms with van der Waals surface area (Å²) in [6.45, 7) is 5.10. The summed E-state index contributed by atoms with van der Waals surface area (Å²) in [5, 5.41) is 13.7. The zero-order chi connectivity index (χ0) is 19.2. The molecule has 27 heavy (non-hydrogen) atoms. The zero-order valence-corrected chi connectivity index (χ0v) is 16.8. The minimum absolute atomic E-state index is 0.0937. The number of aromatic nitrogens is 2. The van der Waals surface area contributed by atoms with Crippen molar-refractivity contribution in [3.05, 3.63) is 52.7 Å². The molecule has 0 saturated heterocycles. The lowest BCUT2D eigenvalue weighted by atomic mass is 10.2. The standard InChI is InChI=1S/C19H21ClN4O2S/c1-3-10-24(12-17-22-23-19(26-17)16-5-4-11-27-16)13(2)18(25)21-15-8-6-14(20)7-9-15/h4-9,11,13H,3,10,12H2,1-2H3,(H,21,25)/t13-/m1/s1. The van der Waals surface area contributed by atoms with Crippen LogP contribution in [0.15, 0.2) is 46.2 Å². The van der Waals surface area contributed by atoms with Gasteiger partial charge in [0.25, 0.3) is 5.89 Å². The van der Waals surface area contributed by atoms with Gasteiger partial charge in [-0.25, -0.2) is 0 Å². The number of amides is 1. The molecule has 1 aromatic carbocycles. The van der Waals surface area contributed by atoms with Crippen molar-refractivity contribution < 1.29 is 9.21 Å². The smallest absolute Gasteiger partial charge is 0.257 e. The second-order valence-corrected chi connectivity index (χ2v) is 7.50. The molecule has 0 aliphatic heterocycles. The first-order valence-corrected chi connectivity index (χ1v) is 9.99. The molecule has 0 aliphatic rings. The van der Waals surface area contributed by atoms with Gasteiger partial charge < -0.3 is 9.73 Å². The Morgan fingerprint density at radius 2 is 2.07 bits per heavy atom. The van der Waals surface area contributed by atoms with E-state index in [-0.39, 0.29) is 11.9 Å². The van der Waals surface area contributed by atoms with Crippen LogP contribution in [0.2, 0.25) is 5.02 Å². The van der Waals surface area contributed by atoms with Crippen molar-refractivity contribution in [3.63, 3.8) is 0 Å². The van der Waals surface area contributed by atoms with Crippen molar-refractivity contribution in [3.8, 4) is 10.8 Å². The van der Waals surface area contributed by atoms with Crippen LogP contribution in [-0.4, -0.2) is 33.6 Å². The van der Waals surface area contributed by atoms with E-state index in [4.69, 9.17) is 16.0 Å². The molecule has 2 aromatic heterocycles. The average Bonchev–Trinajstić information content (AvgIpc) is 3.34. The molecule has 142 valence electrons. The third kappa shape index (κ3) is 5.15. The highest BCUT2D eigenvalue weighted by molar-refractivity contribution is 7.13. The summed E-state index contributed by atoms with van der Waals surface area (Å²) in [6.07, 6.45) is 0.907. The molecular weight excluding hydrogens is 384 g/mol. The summed E-state index contributed by atoms with van der Waals surface area (Å²) >= 11 is 7.44. The number of nitrogens with zero attached hydrogens (tertiary/aromatic N) is 3. The molecule has 3 aromatic rings. The van der Waals surface area contributed by atoms with E-state index in [0.29, 0.717) is 29.0 Å². The first kappa shape index (κ1) is 19.5. The van der Waals surface area contributed by atoms with Crippen LogP contribution in [0.4, 0.5) is 5.69 Å². The van der Waals surface area contributed by atoms with Gasteiger partial charge in [-0.05, 0) is 55.6 Å². The van der Waals surface area contributed by atoms with E-state index in [1.54, 1.807) is 35.6 Å². The number of benzene rings is 1. The highest BCUT2D eigenvalue weighted by atomic mass is 35.5. The summed E-state index contributed by atoms with van der Waals surface area (Å²) in [6, 6.07) is 10.6. The van der Waals surface area contributed by atoms with E-state index >= 15 is 0 Å². The first-order chi connectivity index (χ1) is 13.1. The van der Waals surface area contributed by atoms with Crippen LogP contribution in [-0.2, 0) is 11.3 Å². The van der Waals surface area contributed by atoms with Crippen LogP contribution in [0.1, 0.15) is 26.2 Å². The van der Waals surface area contributed by atoms with Crippen LogP contribution in [0.25, 0.3) is 10.8 Å². The molecule has 0 saturated carbocycles. The maximum Gasteiger partial charge on any atom is 0.257 e. The Labute approximate surface area is 167 Å². The van der Waals surface area contributed by atoms with Crippen LogP contribution in [0.3, 0.4) is 0 Å². The van der Waals surface area contributed by atoms with Crippen LogP contribution in [0.5, 0.6) is 0 Å². The third-order valence-corrected chi connectivity index (χ3v) is 5.20. The molecule has 0 aliphatic carbocycles. The van der Waals surface area contributed by atoms with Gasteiger partial charge in [0.2, 0.25) is 11.8 Å². The zero-order valence-electron chi connectivity index (χ0n) is 15.2. The number of carbonyl (C=O) groups is 1. The van der Waals surface area contributed by atoms with Crippen LogP contribution < -0.4 is 5.32 Å². The Bertz CT molecular complexity index is 864. The molecule has 0 unspecified atom stereocenters. The van der Waals surface area contributed by atoms with Gasteiger partial charge in [0.05, 0.1) is 17.5 Å². The third-order valence-electron chi connectivity index (χ3n) is 4.09. The second kappa shape index (κ2) is 9.12. The predicted molar refractivity (Wildman–Crippen MR) is 108 cm³/mol. The monoisotopic (exact) mass is 404 g/mol. The lowest BCUT2D eigenvalue weighted by molar-refractivity contribution is -0.121. The molecular formula is C19H21ClN4O2S. The van der Waals surface area contributed by atoms with Crippen molar-refractivity contribution in [2.24, 2.45) is 0 Å². The molecule has 1 atom stereocenters. The SMILES string of the molecule is CCCN(Cc1nnc(-c2cccs2)o1)[C@H](C)C(=O)Nc1ccc(Cl)cc1. The summed E-state index contributed by atoms with van der Waals surface area (Å²) in [5.74, 6) is 0.913. The van der Waals surface area contributed by atoms with Crippen molar-refractivity contribution in [2.45, 2.75) is 32.9 Å². The van der Waals surface area contributed by atoms with Gasteiger partial charge in [-0.2, -0.15) is 0 Å². The van der Waals surface area contributed by atoms with Crippen molar-refractivity contribution in [1.82, 2.24) is 15.1 Å². The Morgan fingerprint density at radius 3 is 2.74 bits per heavy atom. The lowest BCUT2D eigenvalue weighted by Crippen LogP contribution is -2.42. The van der Waals surface area contributed by atoms with Gasteiger partial charge in [0.1, 0.15) is 0 Å². The Hall–Kier alpha value is -2.22. The number of thiophene rings is 1. The highest BCUT2D eigenvalue weighted by Crippen LogP contribution is 2.23. The number of hydrogen-bond acceptors (Lipinski definition) is 6. The quantitative estimate of drug-likeness (QED) is 0.589. The fourth-order valence-electron chi connectivity index (χ4n) is 2.63. The maximum absolute atomic E-state index is 12.6. The second-order valence-electron chi connectivity index (χ2n) is 6.12. The van der Waals surface area contributed by atoms with Gasteiger partial charge in [0, 0.05) is 10.7 Å². The van der Waals surface area contributed by atoms with E-state index in [1.807, 2.05) is 29.3 Å². The van der Waals surface area contributed by atoms with E-state index < -0.39 is 0 Å². The fraction of sp³-hybridized carbons (Fsp3) is 0.316. The fourth-order valence-corrected chi connectivity index (χ4v) is 3.40. The van der Waals surface area contributed by atoms with Gasteiger partial charge in [0.15, 0.2) is 0 Å². The number of hydrogen-bond donors (Lipinski definition) is 1. The van der Waals surface area contributed by atoms with Crippen molar-refractivity contribution in [2.75, 3.05) is 11.9 Å². The van der Waals surface area contributed by atoms with Crippen molar-refractivity contribution in [1.29, 1.82) is 0 Å². The number of halogens is 1. The molecule has 2 heterocycles. The number of carbonyl (C=O) groups excluding carboxylic acids is 1. The Morgan fingerprint density at radius 1 is 1.30 bits per heavy atom. The van der Waals surface area contributed by atoms with Crippen LogP contribution >= 0.6 is 22.9 Å². The normalized spacial score (nSPS) is 12.3. The number of rotatable bonds is 8. The van der Waals surface area contributed by atoms with E-state index in [9.17, 15) is 4.79 Å². The topological polar surface area (TPSA) is 71.3 Å². The van der Waals surface area contributed by atoms with E-state index in [1.165, 1.54) is 0 Å². The maximum atomic E-state index is 12.6. The minimum Gasteiger partial charge on any atom is -0.419 e. The molecule has 0 radical (unpaired) electrons. The molecule has 1 amide bonds. The molecule has 3 rings (SSSR count). The summed E-state index contributed by atoms with van der Waals surface area (Å²) < 4.78 is 5.77. The number of nitrogens with one attached hydrogen (secondary N) is 1. The van der Waals surface area contributed by atoms with E-state index in [2.05, 4.69) is 22.4 Å². The van der Waals surface area contributed by atoms with Gasteiger partial charge >= 0.3 is 0 Å². The molecule has 1 N–H and O–H groups in total. The van der Waals surface area contributed by atoms with Crippen molar-refractivity contribution >= 4 is 34.5 Å². The molecule has 0 spiro atoms. The van der Waals surface area contributed by atoms with Gasteiger partial charge in [-0.1, -0.05) is 24.6 Å². The first-order valence-electron chi connectivity index (χ1n) is 8.73. The molecule has 8 heteroatoms. The highest BCUT2D eigenvalue weighted by Gasteiger charge is 2.23. The Kier molecular flexibility index (Phi) is 6.60. The predicted octanol–water partition coefficient (Wildman–Crippen LogP) is 4.69. The van der Waals surface area contributed by atoms with Crippen LogP contribution in [0, 0.1) is 0 Å². The largest absolute Gasteiger partial charge is 0.419 e. The van der Waals surface area contributed by atoms with Gasteiger partial charge in [-0.15, -0.1) is 21.5 Å². The number of anilines is 1. The summed E-state index contributed by atoms with van der Waals surface area (Å²) in [7, 11) is 0. The Balaban J connectivity index is 1.66. The van der Waals surface area contributed by atoms with Gasteiger partial charge in [-0.3, -0.25) is 9.69 Å². The lowest BCUT2D eigenvalue weighted by Gasteiger charge is -2.26. The summed E-state index contributed by atoms with van der Waals surface area (Å²) in [4.78, 5) is 15.6. The molecule has 0 bridgehead atoms.